The van der Waals surface area contributed by atoms with Gasteiger partial charge >= 0.3 is 0 Å². The number of nitro groups is 1. The highest BCUT2D eigenvalue weighted by atomic mass is 16.6. The van der Waals surface area contributed by atoms with E-state index in [1.54, 1.807) is 12.3 Å². The summed E-state index contributed by atoms with van der Waals surface area (Å²) in [5, 5.41) is 22.9. The monoisotopic (exact) mass is 378 g/mol. The van der Waals surface area contributed by atoms with E-state index in [1.165, 1.54) is 24.4 Å². The van der Waals surface area contributed by atoms with Crippen LogP contribution in [-0.2, 0) is 4.79 Å². The number of rotatable bonds is 5. The number of nitrogens with zero attached hydrogens (tertiary/aromatic N) is 5. The predicted octanol–water partition coefficient (Wildman–Crippen LogP) is 2.16. The highest BCUT2D eigenvalue weighted by molar-refractivity contribution is 6.07. The number of nitriles is 1. The molecule has 0 saturated carbocycles. The van der Waals surface area contributed by atoms with Gasteiger partial charge in [-0.3, -0.25) is 14.9 Å². The van der Waals surface area contributed by atoms with Gasteiger partial charge in [0.1, 0.15) is 23.1 Å². The number of carbonyl (C=O) groups is 1. The number of pyridine rings is 1. The van der Waals surface area contributed by atoms with Crippen LogP contribution in [0.4, 0.5) is 17.2 Å². The quantitative estimate of drug-likeness (QED) is 0.367. The number of nitro benzene ring substituents is 1. The maximum absolute atomic E-state index is 12.4. The van der Waals surface area contributed by atoms with Gasteiger partial charge < -0.3 is 15.1 Å². The lowest BCUT2D eigenvalue weighted by Crippen LogP contribution is -2.44. The molecule has 0 radical (unpaired) electrons. The first-order valence-corrected chi connectivity index (χ1v) is 8.65. The molecule has 0 unspecified atom stereocenters. The minimum absolute atomic E-state index is 0.0543. The maximum atomic E-state index is 12.4. The molecule has 1 aliphatic rings. The van der Waals surface area contributed by atoms with Crippen molar-refractivity contribution < 1.29 is 9.72 Å². The van der Waals surface area contributed by atoms with Crippen molar-refractivity contribution in [3.63, 3.8) is 0 Å². The van der Waals surface area contributed by atoms with E-state index in [2.05, 4.69) is 15.2 Å². The number of nitrogens with one attached hydrogen (secondary N) is 1. The van der Waals surface area contributed by atoms with Crippen molar-refractivity contribution in [2.45, 2.75) is 0 Å². The van der Waals surface area contributed by atoms with Crippen molar-refractivity contribution >= 4 is 23.1 Å². The molecular formula is C19H18N6O3. The van der Waals surface area contributed by atoms with Crippen LogP contribution in [-0.4, -0.2) is 46.9 Å². The second-order valence-corrected chi connectivity index (χ2v) is 6.09. The average molecular weight is 378 g/mol. The highest BCUT2D eigenvalue weighted by Crippen LogP contribution is 2.23. The molecule has 1 aromatic carbocycles. The summed E-state index contributed by atoms with van der Waals surface area (Å²) in [6, 6.07) is 13.4. The van der Waals surface area contributed by atoms with Gasteiger partial charge in [0.2, 0.25) is 0 Å². The smallest absolute Gasteiger partial charge is 0.292 e. The van der Waals surface area contributed by atoms with Crippen molar-refractivity contribution in [2.24, 2.45) is 0 Å². The van der Waals surface area contributed by atoms with Gasteiger partial charge in [-0.15, -0.1) is 0 Å². The maximum Gasteiger partial charge on any atom is 0.292 e. The minimum Gasteiger partial charge on any atom is -0.373 e. The molecule has 3 rings (SSSR count). The fourth-order valence-corrected chi connectivity index (χ4v) is 2.87. The molecule has 1 amide bonds. The molecular weight excluding hydrogens is 360 g/mol. The second-order valence-electron chi connectivity index (χ2n) is 6.09. The van der Waals surface area contributed by atoms with E-state index >= 15 is 0 Å². The first-order valence-electron chi connectivity index (χ1n) is 8.65. The molecule has 1 aromatic heterocycles. The van der Waals surface area contributed by atoms with Gasteiger partial charge in [0.25, 0.3) is 11.6 Å². The zero-order valence-electron chi connectivity index (χ0n) is 15.0. The first kappa shape index (κ1) is 18.8. The Balaban J connectivity index is 1.65. The summed E-state index contributed by atoms with van der Waals surface area (Å²) < 4.78 is 0. The Kier molecular flexibility index (Phi) is 5.81. The van der Waals surface area contributed by atoms with Gasteiger partial charge in [-0.2, -0.15) is 5.26 Å². The second kappa shape index (κ2) is 8.64. The Labute approximate surface area is 161 Å². The van der Waals surface area contributed by atoms with Crippen LogP contribution in [0.25, 0.3) is 0 Å². The van der Waals surface area contributed by atoms with Gasteiger partial charge in [-0.1, -0.05) is 18.2 Å². The van der Waals surface area contributed by atoms with Crippen LogP contribution >= 0.6 is 0 Å². The van der Waals surface area contributed by atoms with E-state index in [0.29, 0.717) is 26.2 Å². The molecule has 1 N–H and O–H groups in total. The van der Waals surface area contributed by atoms with Crippen LogP contribution in [0.2, 0.25) is 0 Å². The summed E-state index contributed by atoms with van der Waals surface area (Å²) in [6.07, 6.45) is 3.24. The number of para-hydroxylation sites is 2. The molecule has 0 spiro atoms. The Morgan fingerprint density at radius 2 is 1.89 bits per heavy atom. The summed E-state index contributed by atoms with van der Waals surface area (Å²) in [4.78, 5) is 31.2. The molecule has 142 valence electrons. The Morgan fingerprint density at radius 3 is 2.54 bits per heavy atom. The van der Waals surface area contributed by atoms with Gasteiger partial charge in [0, 0.05) is 44.6 Å². The van der Waals surface area contributed by atoms with Crippen molar-refractivity contribution in [3.05, 3.63) is 70.5 Å². The van der Waals surface area contributed by atoms with E-state index in [4.69, 9.17) is 0 Å². The van der Waals surface area contributed by atoms with Crippen LogP contribution < -0.4 is 10.2 Å². The molecule has 1 aliphatic heterocycles. The van der Waals surface area contributed by atoms with Crippen LogP contribution in [0.3, 0.4) is 0 Å². The number of amides is 1. The molecule has 1 fully saturated rings. The number of hydrogen-bond donors (Lipinski definition) is 1. The molecule has 0 aliphatic carbocycles. The normalized spacial score (nSPS) is 14.3. The van der Waals surface area contributed by atoms with Crippen LogP contribution in [0.1, 0.15) is 0 Å². The van der Waals surface area contributed by atoms with Gasteiger partial charge in [0.15, 0.2) is 0 Å². The van der Waals surface area contributed by atoms with E-state index in [-0.39, 0.29) is 16.9 Å². The number of hydrogen-bond acceptors (Lipinski definition) is 7. The zero-order valence-corrected chi connectivity index (χ0v) is 15.0. The van der Waals surface area contributed by atoms with Crippen molar-refractivity contribution in [2.75, 3.05) is 36.4 Å². The number of benzene rings is 1. The average Bonchev–Trinajstić information content (AvgIpc) is 2.73. The number of piperazine rings is 1. The number of anilines is 2. The molecule has 28 heavy (non-hydrogen) atoms. The third-order valence-electron chi connectivity index (χ3n) is 4.31. The topological polar surface area (TPSA) is 115 Å². The van der Waals surface area contributed by atoms with Gasteiger partial charge in [-0.05, 0) is 18.2 Å². The third kappa shape index (κ3) is 4.42. The van der Waals surface area contributed by atoms with E-state index in [9.17, 15) is 20.2 Å². The Hall–Kier alpha value is -3.93. The minimum atomic E-state index is -0.677. The van der Waals surface area contributed by atoms with Crippen molar-refractivity contribution in [1.29, 1.82) is 5.26 Å². The van der Waals surface area contributed by atoms with Crippen molar-refractivity contribution in [1.82, 2.24) is 9.88 Å². The summed E-state index contributed by atoms with van der Waals surface area (Å²) in [5.74, 6) is 0.213. The van der Waals surface area contributed by atoms with E-state index < -0.39 is 10.8 Å². The number of carbonyl (C=O) groups excluding carboxylic acids is 1. The Bertz CT molecular complexity index is 930. The van der Waals surface area contributed by atoms with Crippen LogP contribution in [0, 0.1) is 21.4 Å². The summed E-state index contributed by atoms with van der Waals surface area (Å²) in [5.41, 5.74) is -0.278. The summed E-state index contributed by atoms with van der Waals surface area (Å²) in [6.45, 7) is 2.66. The fraction of sp³-hybridized carbons (Fsp3) is 0.211. The molecule has 0 atom stereocenters. The standard InChI is InChI=1S/C19H18N6O3/c20-13-15(19(26)22-16-5-1-2-6-17(16)25(27)28)14-23-9-11-24(12-10-23)18-7-3-4-8-21-18/h1-8,14H,9-12H2,(H,22,26)/b15-14-. The lowest BCUT2D eigenvalue weighted by molar-refractivity contribution is -0.383. The highest BCUT2D eigenvalue weighted by Gasteiger charge is 2.20. The molecule has 2 aromatic rings. The Morgan fingerprint density at radius 1 is 1.18 bits per heavy atom. The molecule has 1 saturated heterocycles. The predicted molar refractivity (Wildman–Crippen MR) is 103 cm³/mol. The molecule has 0 bridgehead atoms. The van der Waals surface area contributed by atoms with Crippen LogP contribution in [0.5, 0.6) is 0 Å². The summed E-state index contributed by atoms with van der Waals surface area (Å²) >= 11 is 0. The molecule has 2 heterocycles. The van der Waals surface area contributed by atoms with Gasteiger partial charge in [-0.25, -0.2) is 4.98 Å². The van der Waals surface area contributed by atoms with Crippen molar-refractivity contribution in [3.8, 4) is 6.07 Å². The fourth-order valence-electron chi connectivity index (χ4n) is 2.87. The first-order chi connectivity index (χ1) is 13.6. The lowest BCUT2D eigenvalue weighted by Gasteiger charge is -2.34. The van der Waals surface area contributed by atoms with E-state index in [0.717, 1.165) is 5.82 Å². The van der Waals surface area contributed by atoms with E-state index in [1.807, 2.05) is 29.2 Å². The SMILES string of the molecule is N#C/C(=C/N1CCN(c2ccccn2)CC1)C(=O)Nc1ccccc1[N+](=O)[O-]. The summed E-state index contributed by atoms with van der Waals surface area (Å²) in [7, 11) is 0. The third-order valence-corrected chi connectivity index (χ3v) is 4.31. The number of aromatic nitrogens is 1. The molecule has 9 heteroatoms. The van der Waals surface area contributed by atoms with Gasteiger partial charge in [0.05, 0.1) is 4.92 Å². The lowest BCUT2D eigenvalue weighted by atomic mass is 10.2. The molecule has 9 nitrogen and oxygen atoms in total. The zero-order chi connectivity index (χ0) is 19.9. The largest absolute Gasteiger partial charge is 0.373 e. The van der Waals surface area contributed by atoms with Crippen LogP contribution in [0.15, 0.2) is 60.4 Å².